The molecule has 0 saturated heterocycles. The second kappa shape index (κ2) is 7.40. The number of ether oxygens (including phenoxy) is 2. The minimum Gasteiger partial charge on any atom is -0.481 e. The fourth-order valence-electron chi connectivity index (χ4n) is 2.74. The van der Waals surface area contributed by atoms with Crippen LogP contribution in [0.25, 0.3) is 0 Å². The number of nitrogens with one attached hydrogen (secondary N) is 2. The zero-order valence-corrected chi connectivity index (χ0v) is 14.6. The third-order valence-corrected chi connectivity index (χ3v) is 4.06. The predicted molar refractivity (Wildman–Crippen MR) is 101 cm³/mol. The predicted octanol–water partition coefficient (Wildman–Crippen LogP) is 4.20. The second-order valence-electron chi connectivity index (χ2n) is 6.03. The third kappa shape index (κ3) is 3.64. The largest absolute Gasteiger partial charge is 0.481 e. The van der Waals surface area contributed by atoms with Crippen molar-refractivity contribution in [1.29, 1.82) is 0 Å². The van der Waals surface area contributed by atoms with Crippen LogP contribution < -0.4 is 20.1 Å². The van der Waals surface area contributed by atoms with Crippen molar-refractivity contribution in [3.63, 3.8) is 0 Å². The van der Waals surface area contributed by atoms with Gasteiger partial charge >= 0.3 is 0 Å². The first-order chi connectivity index (χ1) is 13.6. The molecule has 4 rings (SSSR count). The van der Waals surface area contributed by atoms with Crippen molar-refractivity contribution in [2.75, 3.05) is 17.2 Å². The van der Waals surface area contributed by atoms with Crippen molar-refractivity contribution in [3.05, 3.63) is 78.1 Å². The van der Waals surface area contributed by atoms with Crippen LogP contribution in [0.1, 0.15) is 10.4 Å². The van der Waals surface area contributed by atoms with E-state index in [9.17, 15) is 14.0 Å². The molecule has 1 aliphatic heterocycles. The van der Waals surface area contributed by atoms with Crippen molar-refractivity contribution >= 4 is 23.2 Å². The lowest BCUT2D eigenvalue weighted by molar-refractivity contribution is -0.118. The normalized spacial score (nSPS) is 12.0. The first-order valence-electron chi connectivity index (χ1n) is 8.49. The van der Waals surface area contributed by atoms with E-state index in [-0.39, 0.29) is 23.8 Å². The molecule has 0 bridgehead atoms. The van der Waals surface area contributed by atoms with Gasteiger partial charge in [-0.3, -0.25) is 9.59 Å². The molecule has 3 aromatic rings. The Morgan fingerprint density at radius 3 is 2.68 bits per heavy atom. The Labute approximate surface area is 159 Å². The zero-order chi connectivity index (χ0) is 19.5. The number of rotatable bonds is 4. The summed E-state index contributed by atoms with van der Waals surface area (Å²) in [4.78, 5) is 24.6. The monoisotopic (exact) mass is 378 g/mol. The summed E-state index contributed by atoms with van der Waals surface area (Å²) < 4.78 is 24.5. The molecule has 0 aliphatic carbocycles. The molecule has 140 valence electrons. The molecule has 0 atom stereocenters. The van der Waals surface area contributed by atoms with Gasteiger partial charge in [-0.2, -0.15) is 0 Å². The van der Waals surface area contributed by atoms with E-state index in [1.807, 2.05) is 0 Å². The van der Waals surface area contributed by atoms with E-state index in [1.54, 1.807) is 42.5 Å². The smallest absolute Gasteiger partial charge is 0.262 e. The van der Waals surface area contributed by atoms with Gasteiger partial charge in [0, 0.05) is 5.69 Å². The molecule has 0 saturated carbocycles. The number of benzene rings is 3. The van der Waals surface area contributed by atoms with Gasteiger partial charge in [0.15, 0.2) is 23.9 Å². The Bertz CT molecular complexity index is 1070. The van der Waals surface area contributed by atoms with E-state index in [0.717, 1.165) is 0 Å². The molecule has 0 spiro atoms. The van der Waals surface area contributed by atoms with Crippen LogP contribution in [0.15, 0.2) is 66.7 Å². The zero-order valence-electron chi connectivity index (χ0n) is 14.6. The molecule has 3 aromatic carbocycles. The van der Waals surface area contributed by atoms with Gasteiger partial charge < -0.3 is 20.1 Å². The molecule has 0 fully saturated rings. The van der Waals surface area contributed by atoms with Gasteiger partial charge in [-0.1, -0.05) is 24.3 Å². The number of fused-ring (bicyclic) bond motifs is 2. The number of halogens is 1. The lowest BCUT2D eigenvalue weighted by Crippen LogP contribution is -2.21. The Morgan fingerprint density at radius 1 is 1.04 bits per heavy atom. The number of carbonyl (C=O) groups excluding carboxylic acids is 2. The molecule has 6 nitrogen and oxygen atoms in total. The van der Waals surface area contributed by atoms with Gasteiger partial charge in [0.05, 0.1) is 11.3 Å². The molecule has 0 aromatic heterocycles. The van der Waals surface area contributed by atoms with Crippen LogP contribution in [-0.2, 0) is 4.79 Å². The van der Waals surface area contributed by atoms with Crippen molar-refractivity contribution < 1.29 is 23.5 Å². The quantitative estimate of drug-likeness (QED) is 0.713. The highest BCUT2D eigenvalue weighted by Crippen LogP contribution is 2.36. The standard InChI is InChI=1S/C21H15FN2O4/c22-15-5-1-3-7-18(15)27-12-20(25)23-13-9-10-17-14(11-13)21(26)24-16-6-2-4-8-19(16)28-17/h1-11H,12H2,(H,23,25)(H,24,26). The summed E-state index contributed by atoms with van der Waals surface area (Å²) in [5.41, 5.74) is 1.24. The van der Waals surface area contributed by atoms with Crippen LogP contribution in [0.4, 0.5) is 15.8 Å². The first kappa shape index (κ1) is 17.5. The highest BCUT2D eigenvalue weighted by atomic mass is 19.1. The maximum Gasteiger partial charge on any atom is 0.262 e. The lowest BCUT2D eigenvalue weighted by Gasteiger charge is -2.10. The van der Waals surface area contributed by atoms with Crippen LogP contribution in [0.3, 0.4) is 0 Å². The fourth-order valence-corrected chi connectivity index (χ4v) is 2.74. The van der Waals surface area contributed by atoms with Crippen LogP contribution in [0.2, 0.25) is 0 Å². The summed E-state index contributed by atoms with van der Waals surface area (Å²) in [5.74, 6) is -0.480. The summed E-state index contributed by atoms with van der Waals surface area (Å²) >= 11 is 0. The summed E-state index contributed by atoms with van der Waals surface area (Å²) in [6.07, 6.45) is 0. The van der Waals surface area contributed by atoms with E-state index in [4.69, 9.17) is 9.47 Å². The molecule has 1 aliphatic rings. The molecular weight excluding hydrogens is 363 g/mol. The number of para-hydroxylation sites is 3. The van der Waals surface area contributed by atoms with Crippen molar-refractivity contribution in [2.45, 2.75) is 0 Å². The number of hydrogen-bond acceptors (Lipinski definition) is 4. The SMILES string of the molecule is O=C(COc1ccccc1F)Nc1ccc2c(c1)C(=O)Nc1ccccc1O2. The number of carbonyl (C=O) groups is 2. The number of amides is 2. The molecular formula is C21H15FN2O4. The van der Waals surface area contributed by atoms with E-state index in [0.29, 0.717) is 22.9 Å². The van der Waals surface area contributed by atoms with Crippen LogP contribution in [0, 0.1) is 5.82 Å². The highest BCUT2D eigenvalue weighted by molar-refractivity contribution is 6.09. The minimum absolute atomic E-state index is 0.00915. The van der Waals surface area contributed by atoms with Crippen molar-refractivity contribution in [1.82, 2.24) is 0 Å². The van der Waals surface area contributed by atoms with E-state index in [2.05, 4.69) is 10.6 Å². The number of anilines is 2. The van der Waals surface area contributed by atoms with Crippen LogP contribution in [0.5, 0.6) is 17.2 Å². The second-order valence-corrected chi connectivity index (χ2v) is 6.03. The van der Waals surface area contributed by atoms with Crippen molar-refractivity contribution in [3.8, 4) is 17.2 Å². The summed E-state index contributed by atoms with van der Waals surface area (Å²) in [5, 5.41) is 5.39. The molecule has 28 heavy (non-hydrogen) atoms. The van der Waals surface area contributed by atoms with E-state index >= 15 is 0 Å². The lowest BCUT2D eigenvalue weighted by atomic mass is 10.1. The van der Waals surface area contributed by atoms with Gasteiger partial charge in [-0.25, -0.2) is 4.39 Å². The fraction of sp³-hybridized carbons (Fsp3) is 0.0476. The average molecular weight is 378 g/mol. The van der Waals surface area contributed by atoms with E-state index in [1.165, 1.54) is 24.3 Å². The molecule has 0 unspecified atom stereocenters. The molecule has 2 amide bonds. The molecule has 1 heterocycles. The molecule has 0 radical (unpaired) electrons. The van der Waals surface area contributed by atoms with E-state index < -0.39 is 11.7 Å². The van der Waals surface area contributed by atoms with Gasteiger partial charge in [-0.15, -0.1) is 0 Å². The van der Waals surface area contributed by atoms with Gasteiger partial charge in [-0.05, 0) is 42.5 Å². The summed E-state index contributed by atoms with van der Waals surface area (Å²) in [6.45, 7) is -0.369. The van der Waals surface area contributed by atoms with Crippen molar-refractivity contribution in [2.24, 2.45) is 0 Å². The van der Waals surface area contributed by atoms with Crippen LogP contribution in [-0.4, -0.2) is 18.4 Å². The maximum atomic E-state index is 13.5. The maximum absolute atomic E-state index is 13.5. The Kier molecular flexibility index (Phi) is 4.63. The first-order valence-corrected chi connectivity index (χ1v) is 8.49. The Hall–Kier alpha value is -3.87. The highest BCUT2D eigenvalue weighted by Gasteiger charge is 2.21. The van der Waals surface area contributed by atoms with Crippen LogP contribution >= 0.6 is 0 Å². The van der Waals surface area contributed by atoms with Gasteiger partial charge in [0.25, 0.3) is 11.8 Å². The Balaban J connectivity index is 1.47. The molecule has 7 heteroatoms. The average Bonchev–Trinajstić information content (AvgIpc) is 2.83. The third-order valence-electron chi connectivity index (χ3n) is 4.06. The topological polar surface area (TPSA) is 76.7 Å². The summed E-state index contributed by atoms with van der Waals surface area (Å²) in [7, 11) is 0. The Morgan fingerprint density at radius 2 is 1.82 bits per heavy atom. The molecule has 2 N–H and O–H groups in total. The van der Waals surface area contributed by atoms with Gasteiger partial charge in [0.1, 0.15) is 5.75 Å². The minimum atomic E-state index is -0.547. The number of hydrogen-bond donors (Lipinski definition) is 2. The summed E-state index contributed by atoms with van der Waals surface area (Å²) in [6, 6.07) is 17.6. The van der Waals surface area contributed by atoms with Gasteiger partial charge in [0.2, 0.25) is 0 Å².